The first-order chi connectivity index (χ1) is 12.3. The Balaban J connectivity index is 1.56. The standard InChI is InChI=1S/C20H23N5/c1-15-12-23-20(24-15)19-18(21-9-10-22-19)17-8-5-11-25(14-17)13-16-6-3-2-4-7-16/h2-4,6-7,9-10,12,17H,5,8,11,13-14H2,1H3,(H,23,24)/t17-/m1/s1. The number of likely N-dealkylation sites (tertiary alicyclic amines) is 1. The number of nitrogens with zero attached hydrogens (tertiary/aromatic N) is 4. The molecule has 5 heteroatoms. The van der Waals surface area contributed by atoms with Gasteiger partial charge in [0, 0.05) is 43.3 Å². The minimum absolute atomic E-state index is 0.395. The highest BCUT2D eigenvalue weighted by atomic mass is 15.1. The minimum atomic E-state index is 0.395. The fourth-order valence-corrected chi connectivity index (χ4v) is 3.63. The lowest BCUT2D eigenvalue weighted by molar-refractivity contribution is 0.198. The highest BCUT2D eigenvalue weighted by molar-refractivity contribution is 5.53. The van der Waals surface area contributed by atoms with E-state index in [1.165, 1.54) is 12.0 Å². The number of aromatic nitrogens is 4. The van der Waals surface area contributed by atoms with Gasteiger partial charge in [-0.3, -0.25) is 9.88 Å². The Morgan fingerprint density at radius 3 is 2.76 bits per heavy atom. The number of rotatable bonds is 4. The van der Waals surface area contributed by atoms with E-state index in [-0.39, 0.29) is 0 Å². The second-order valence-corrected chi connectivity index (χ2v) is 6.76. The molecular formula is C20H23N5. The number of benzene rings is 1. The van der Waals surface area contributed by atoms with E-state index in [0.717, 1.165) is 49.0 Å². The van der Waals surface area contributed by atoms with E-state index >= 15 is 0 Å². The third-order valence-electron chi connectivity index (χ3n) is 4.79. The van der Waals surface area contributed by atoms with Crippen LogP contribution in [-0.4, -0.2) is 37.9 Å². The molecule has 3 heterocycles. The predicted octanol–water partition coefficient (Wildman–Crippen LogP) is 3.55. The summed E-state index contributed by atoms with van der Waals surface area (Å²) < 4.78 is 0. The van der Waals surface area contributed by atoms with Crippen molar-refractivity contribution in [3.8, 4) is 11.5 Å². The van der Waals surface area contributed by atoms with E-state index in [1.807, 2.05) is 13.1 Å². The molecule has 0 saturated carbocycles. The SMILES string of the molecule is Cc1cnc(-c2nccnc2[C@@H]2CCCN(Cc3ccccc3)C2)[nH]1. The third-order valence-corrected chi connectivity index (χ3v) is 4.79. The van der Waals surface area contributed by atoms with Crippen molar-refractivity contribution in [2.45, 2.75) is 32.2 Å². The van der Waals surface area contributed by atoms with Crippen LogP contribution in [0.25, 0.3) is 11.5 Å². The summed E-state index contributed by atoms with van der Waals surface area (Å²) in [7, 11) is 0. The quantitative estimate of drug-likeness (QED) is 0.793. The highest BCUT2D eigenvalue weighted by Crippen LogP contribution is 2.31. The van der Waals surface area contributed by atoms with Crippen LogP contribution < -0.4 is 0 Å². The lowest BCUT2D eigenvalue weighted by Crippen LogP contribution is -2.34. The van der Waals surface area contributed by atoms with E-state index in [1.54, 1.807) is 12.4 Å². The van der Waals surface area contributed by atoms with Crippen LogP contribution in [0, 0.1) is 6.92 Å². The normalized spacial score (nSPS) is 18.4. The summed E-state index contributed by atoms with van der Waals surface area (Å²) in [6.07, 6.45) is 7.73. The van der Waals surface area contributed by atoms with Gasteiger partial charge in [0.05, 0.1) is 5.69 Å². The number of aryl methyl sites for hydroxylation is 1. The maximum atomic E-state index is 4.68. The molecule has 0 spiro atoms. The second-order valence-electron chi connectivity index (χ2n) is 6.76. The van der Waals surface area contributed by atoms with Gasteiger partial charge in [0.2, 0.25) is 0 Å². The molecule has 0 radical (unpaired) electrons. The summed E-state index contributed by atoms with van der Waals surface area (Å²) in [5.41, 5.74) is 4.36. The molecule has 1 aliphatic rings. The van der Waals surface area contributed by atoms with Gasteiger partial charge in [-0.15, -0.1) is 0 Å². The first kappa shape index (κ1) is 16.0. The van der Waals surface area contributed by atoms with Crippen molar-refractivity contribution < 1.29 is 0 Å². The molecule has 1 atom stereocenters. The van der Waals surface area contributed by atoms with Gasteiger partial charge < -0.3 is 4.98 Å². The summed E-state index contributed by atoms with van der Waals surface area (Å²) in [6, 6.07) is 10.7. The molecule has 1 aromatic carbocycles. The zero-order valence-corrected chi connectivity index (χ0v) is 14.5. The van der Waals surface area contributed by atoms with Gasteiger partial charge >= 0.3 is 0 Å². The van der Waals surface area contributed by atoms with E-state index in [9.17, 15) is 0 Å². The van der Waals surface area contributed by atoms with Crippen LogP contribution in [0.3, 0.4) is 0 Å². The maximum Gasteiger partial charge on any atom is 0.158 e. The molecule has 1 aliphatic heterocycles. The number of imidazole rings is 1. The van der Waals surface area contributed by atoms with Crippen molar-refractivity contribution in [1.29, 1.82) is 0 Å². The predicted molar refractivity (Wildman–Crippen MR) is 98.0 cm³/mol. The lowest BCUT2D eigenvalue weighted by Gasteiger charge is -2.32. The smallest absolute Gasteiger partial charge is 0.158 e. The Labute approximate surface area is 148 Å². The van der Waals surface area contributed by atoms with Gasteiger partial charge in [-0.05, 0) is 31.9 Å². The zero-order chi connectivity index (χ0) is 17.1. The number of nitrogens with one attached hydrogen (secondary N) is 1. The van der Waals surface area contributed by atoms with Gasteiger partial charge in [-0.2, -0.15) is 0 Å². The van der Waals surface area contributed by atoms with E-state index in [2.05, 4.69) is 55.2 Å². The second kappa shape index (κ2) is 7.15. The Morgan fingerprint density at radius 2 is 1.96 bits per heavy atom. The Bertz CT molecular complexity index is 827. The average Bonchev–Trinajstić information content (AvgIpc) is 3.09. The van der Waals surface area contributed by atoms with Gasteiger partial charge in [-0.25, -0.2) is 9.97 Å². The van der Waals surface area contributed by atoms with E-state index in [0.29, 0.717) is 5.92 Å². The fraction of sp³-hybridized carbons (Fsp3) is 0.350. The van der Waals surface area contributed by atoms with Gasteiger partial charge in [0.25, 0.3) is 0 Å². The van der Waals surface area contributed by atoms with E-state index in [4.69, 9.17) is 0 Å². The van der Waals surface area contributed by atoms with Gasteiger partial charge in [-0.1, -0.05) is 30.3 Å². The summed E-state index contributed by atoms with van der Waals surface area (Å²) in [6.45, 7) is 5.16. The van der Waals surface area contributed by atoms with Crippen molar-refractivity contribution in [1.82, 2.24) is 24.8 Å². The molecule has 4 rings (SSSR count). The topological polar surface area (TPSA) is 57.7 Å². The van der Waals surface area contributed by atoms with Gasteiger partial charge in [0.15, 0.2) is 5.82 Å². The van der Waals surface area contributed by atoms with Crippen molar-refractivity contribution in [3.05, 3.63) is 65.9 Å². The lowest BCUT2D eigenvalue weighted by atomic mass is 9.92. The number of hydrogen-bond donors (Lipinski definition) is 1. The highest BCUT2D eigenvalue weighted by Gasteiger charge is 2.26. The number of aromatic amines is 1. The molecule has 0 amide bonds. The fourth-order valence-electron chi connectivity index (χ4n) is 3.63. The molecule has 1 N–H and O–H groups in total. The minimum Gasteiger partial charge on any atom is -0.341 e. The summed E-state index contributed by atoms with van der Waals surface area (Å²) in [4.78, 5) is 19.5. The maximum absolute atomic E-state index is 4.68. The molecule has 128 valence electrons. The number of hydrogen-bond acceptors (Lipinski definition) is 4. The summed E-state index contributed by atoms with van der Waals surface area (Å²) in [5.74, 6) is 1.22. The molecule has 1 fully saturated rings. The van der Waals surface area contributed by atoms with Crippen molar-refractivity contribution in [2.24, 2.45) is 0 Å². The molecule has 0 bridgehead atoms. The molecule has 2 aromatic heterocycles. The Kier molecular flexibility index (Phi) is 4.57. The van der Waals surface area contributed by atoms with Crippen molar-refractivity contribution in [3.63, 3.8) is 0 Å². The summed E-state index contributed by atoms with van der Waals surface area (Å²) >= 11 is 0. The molecule has 5 nitrogen and oxygen atoms in total. The van der Waals surface area contributed by atoms with Crippen LogP contribution in [-0.2, 0) is 6.54 Å². The molecule has 1 saturated heterocycles. The Morgan fingerprint density at radius 1 is 1.12 bits per heavy atom. The summed E-state index contributed by atoms with van der Waals surface area (Å²) in [5, 5.41) is 0. The van der Waals surface area contributed by atoms with Crippen molar-refractivity contribution in [2.75, 3.05) is 13.1 Å². The monoisotopic (exact) mass is 333 g/mol. The van der Waals surface area contributed by atoms with Gasteiger partial charge in [0.1, 0.15) is 5.69 Å². The third kappa shape index (κ3) is 3.61. The van der Waals surface area contributed by atoms with Crippen molar-refractivity contribution >= 4 is 0 Å². The first-order valence-electron chi connectivity index (χ1n) is 8.89. The van der Waals surface area contributed by atoms with Crippen LogP contribution in [0.15, 0.2) is 48.9 Å². The van der Waals surface area contributed by atoms with Crippen LogP contribution in [0.2, 0.25) is 0 Å². The number of piperidine rings is 1. The van der Waals surface area contributed by atoms with Crippen LogP contribution >= 0.6 is 0 Å². The Hall–Kier alpha value is -2.53. The first-order valence-corrected chi connectivity index (χ1v) is 8.89. The van der Waals surface area contributed by atoms with Crippen LogP contribution in [0.4, 0.5) is 0 Å². The molecule has 3 aromatic rings. The molecule has 0 aliphatic carbocycles. The molecular weight excluding hydrogens is 310 g/mol. The largest absolute Gasteiger partial charge is 0.341 e. The van der Waals surface area contributed by atoms with Crippen LogP contribution in [0.5, 0.6) is 0 Å². The van der Waals surface area contributed by atoms with E-state index < -0.39 is 0 Å². The van der Waals surface area contributed by atoms with Crippen LogP contribution in [0.1, 0.15) is 35.7 Å². The molecule has 0 unspecified atom stereocenters. The molecule has 25 heavy (non-hydrogen) atoms. The number of H-pyrrole nitrogens is 1. The zero-order valence-electron chi connectivity index (χ0n) is 14.5. The average molecular weight is 333 g/mol.